The van der Waals surface area contributed by atoms with Crippen LogP contribution < -0.4 is 0 Å². The molecule has 9 heteroatoms. The lowest BCUT2D eigenvalue weighted by Crippen LogP contribution is -2.05. The Labute approximate surface area is 193 Å². The van der Waals surface area contributed by atoms with E-state index in [1.807, 2.05) is 10.9 Å². The summed E-state index contributed by atoms with van der Waals surface area (Å²) in [6.45, 7) is 0.854. The number of halogens is 4. The van der Waals surface area contributed by atoms with Gasteiger partial charge in [0, 0.05) is 30.8 Å². The molecule has 0 radical (unpaired) electrons. The van der Waals surface area contributed by atoms with Crippen LogP contribution in [-0.4, -0.2) is 20.0 Å². The first kappa shape index (κ1) is 23.4. The van der Waals surface area contributed by atoms with Gasteiger partial charge in [0.05, 0.1) is 17.5 Å². The molecule has 5 nitrogen and oxygen atoms in total. The molecule has 0 aliphatic rings. The van der Waals surface area contributed by atoms with Crippen LogP contribution in [0, 0.1) is 5.82 Å². The van der Waals surface area contributed by atoms with Crippen molar-refractivity contribution in [3.8, 4) is 0 Å². The van der Waals surface area contributed by atoms with E-state index >= 15 is 0 Å². The second kappa shape index (κ2) is 10.5. The van der Waals surface area contributed by atoms with Gasteiger partial charge in [-0.05, 0) is 48.6 Å². The van der Waals surface area contributed by atoms with E-state index in [9.17, 15) is 17.6 Å². The second-order valence-electron chi connectivity index (χ2n) is 7.86. The first-order valence-electron chi connectivity index (χ1n) is 10.8. The molecule has 0 aliphatic heterocycles. The first-order valence-corrected chi connectivity index (χ1v) is 10.8. The topological polar surface area (TPSA) is 56.7 Å². The van der Waals surface area contributed by atoms with Crippen LogP contribution in [0.25, 0.3) is 12.2 Å². The van der Waals surface area contributed by atoms with Gasteiger partial charge in [-0.3, -0.25) is 4.68 Å². The average molecular weight is 470 g/mol. The molecule has 0 atom stereocenters. The predicted molar refractivity (Wildman–Crippen MR) is 119 cm³/mol. The Morgan fingerprint density at radius 3 is 2.47 bits per heavy atom. The molecule has 2 heterocycles. The third kappa shape index (κ3) is 6.40. The lowest BCUT2D eigenvalue weighted by atomic mass is 10.0. The maximum Gasteiger partial charge on any atom is 0.416 e. The van der Waals surface area contributed by atoms with E-state index in [4.69, 9.17) is 4.42 Å². The number of unbranched alkanes of at least 4 members (excludes halogenated alkanes) is 1. The summed E-state index contributed by atoms with van der Waals surface area (Å²) in [6, 6.07) is 10.7. The quantitative estimate of drug-likeness (QED) is 0.216. The van der Waals surface area contributed by atoms with Gasteiger partial charge in [0.1, 0.15) is 12.1 Å². The highest BCUT2D eigenvalue weighted by molar-refractivity contribution is 5.66. The van der Waals surface area contributed by atoms with Crippen LogP contribution in [0.5, 0.6) is 0 Å². The van der Waals surface area contributed by atoms with E-state index in [0.29, 0.717) is 18.2 Å². The number of hydrogen-bond donors (Lipinski definition) is 0. The fourth-order valence-corrected chi connectivity index (χ4v) is 3.47. The molecule has 0 spiro atoms. The molecule has 4 aromatic rings. The maximum atomic E-state index is 14.0. The van der Waals surface area contributed by atoms with Gasteiger partial charge in [-0.1, -0.05) is 35.5 Å². The van der Waals surface area contributed by atoms with Crippen molar-refractivity contribution < 1.29 is 22.0 Å². The molecule has 2 aromatic carbocycles. The number of rotatable bonds is 9. The molecular weight excluding hydrogens is 448 g/mol. The van der Waals surface area contributed by atoms with Gasteiger partial charge in [-0.2, -0.15) is 13.2 Å². The monoisotopic (exact) mass is 470 g/mol. The van der Waals surface area contributed by atoms with Crippen LogP contribution in [0.3, 0.4) is 0 Å². The summed E-state index contributed by atoms with van der Waals surface area (Å²) in [7, 11) is 0. The van der Waals surface area contributed by atoms with Crippen molar-refractivity contribution in [1.29, 1.82) is 0 Å². The SMILES string of the molecule is Fc1cc(C(F)(F)F)ccc1C=Cc1nc(Cc2ccc(CCCCn3ccnn3)cc2)co1. The van der Waals surface area contributed by atoms with Crippen LogP contribution in [0.1, 0.15) is 46.7 Å². The van der Waals surface area contributed by atoms with E-state index < -0.39 is 17.6 Å². The van der Waals surface area contributed by atoms with Gasteiger partial charge >= 0.3 is 6.18 Å². The summed E-state index contributed by atoms with van der Waals surface area (Å²) in [6.07, 6.45) is 6.85. The number of aromatic nitrogens is 4. The molecule has 0 saturated heterocycles. The third-order valence-electron chi connectivity index (χ3n) is 5.29. The zero-order valence-corrected chi connectivity index (χ0v) is 18.2. The van der Waals surface area contributed by atoms with E-state index in [2.05, 4.69) is 39.6 Å². The number of alkyl halides is 3. The minimum absolute atomic E-state index is 0.0182. The molecule has 0 saturated carbocycles. The Kier molecular flexibility index (Phi) is 7.20. The number of oxazole rings is 1. The second-order valence-corrected chi connectivity index (χ2v) is 7.86. The Morgan fingerprint density at radius 2 is 1.76 bits per heavy atom. The molecule has 4 rings (SSSR count). The van der Waals surface area contributed by atoms with Crippen molar-refractivity contribution in [1.82, 2.24) is 20.0 Å². The largest absolute Gasteiger partial charge is 0.445 e. The molecule has 34 heavy (non-hydrogen) atoms. The molecular formula is C25H22F4N4O. The third-order valence-corrected chi connectivity index (χ3v) is 5.29. The zero-order chi connectivity index (χ0) is 24.0. The Hall–Kier alpha value is -3.75. The summed E-state index contributed by atoms with van der Waals surface area (Å²) in [5.74, 6) is -0.713. The van der Waals surface area contributed by atoms with Gasteiger partial charge in [-0.15, -0.1) is 5.10 Å². The van der Waals surface area contributed by atoms with Crippen molar-refractivity contribution in [3.05, 3.63) is 101 Å². The van der Waals surface area contributed by atoms with Crippen molar-refractivity contribution in [2.24, 2.45) is 0 Å². The molecule has 0 bridgehead atoms. The van der Waals surface area contributed by atoms with E-state index in [0.717, 1.165) is 43.5 Å². The Morgan fingerprint density at radius 1 is 0.971 bits per heavy atom. The molecule has 0 unspecified atom stereocenters. The van der Waals surface area contributed by atoms with Crippen LogP contribution in [0.2, 0.25) is 0 Å². The fraction of sp³-hybridized carbons (Fsp3) is 0.240. The Bertz CT molecular complexity index is 1230. The summed E-state index contributed by atoms with van der Waals surface area (Å²) in [4.78, 5) is 4.35. The van der Waals surface area contributed by atoms with Crippen molar-refractivity contribution in [3.63, 3.8) is 0 Å². The first-order chi connectivity index (χ1) is 16.4. The van der Waals surface area contributed by atoms with Crippen LogP contribution in [-0.2, 0) is 25.6 Å². The van der Waals surface area contributed by atoms with Gasteiger partial charge in [0.2, 0.25) is 5.89 Å². The van der Waals surface area contributed by atoms with Crippen LogP contribution >= 0.6 is 0 Å². The standard InChI is InChI=1S/C25H22F4N4O/c26-23-16-21(25(27,28)29)10-8-20(23)9-11-24-31-22(17-34-24)15-19-6-4-18(5-7-19)3-1-2-13-33-14-12-30-32-33/h4-12,14,16-17H,1-3,13,15H2. The molecule has 0 N–H and O–H groups in total. The number of aryl methyl sites for hydroxylation is 2. The van der Waals surface area contributed by atoms with Crippen molar-refractivity contribution in [2.45, 2.75) is 38.4 Å². The normalized spacial score (nSPS) is 12.0. The minimum atomic E-state index is -4.59. The maximum absolute atomic E-state index is 14.0. The number of benzene rings is 2. The number of nitrogens with zero attached hydrogens (tertiary/aromatic N) is 4. The molecule has 0 fully saturated rings. The molecule has 2 aromatic heterocycles. The molecule has 0 amide bonds. The van der Waals surface area contributed by atoms with Gasteiger partial charge < -0.3 is 4.42 Å². The van der Waals surface area contributed by atoms with Crippen molar-refractivity contribution >= 4 is 12.2 Å². The van der Waals surface area contributed by atoms with Crippen molar-refractivity contribution in [2.75, 3.05) is 0 Å². The summed E-state index contributed by atoms with van der Waals surface area (Å²) in [5.41, 5.74) is 2.02. The minimum Gasteiger partial charge on any atom is -0.445 e. The van der Waals surface area contributed by atoms with Gasteiger partial charge in [0.15, 0.2) is 0 Å². The van der Waals surface area contributed by atoms with E-state index in [-0.39, 0.29) is 11.5 Å². The fourth-order valence-electron chi connectivity index (χ4n) is 3.47. The summed E-state index contributed by atoms with van der Waals surface area (Å²) in [5, 5.41) is 7.74. The Balaban J connectivity index is 1.28. The van der Waals surface area contributed by atoms with Gasteiger partial charge in [-0.25, -0.2) is 9.37 Å². The zero-order valence-electron chi connectivity index (χ0n) is 18.2. The van der Waals surface area contributed by atoms with Gasteiger partial charge in [0.25, 0.3) is 0 Å². The lowest BCUT2D eigenvalue weighted by Gasteiger charge is -2.07. The highest BCUT2D eigenvalue weighted by atomic mass is 19.4. The average Bonchev–Trinajstić information content (AvgIpc) is 3.48. The predicted octanol–water partition coefficient (Wildman–Crippen LogP) is 6.21. The molecule has 176 valence electrons. The highest BCUT2D eigenvalue weighted by Crippen LogP contribution is 2.30. The number of hydrogen-bond acceptors (Lipinski definition) is 4. The van der Waals surface area contributed by atoms with E-state index in [1.54, 1.807) is 6.20 Å². The highest BCUT2D eigenvalue weighted by Gasteiger charge is 2.30. The smallest absolute Gasteiger partial charge is 0.416 e. The lowest BCUT2D eigenvalue weighted by molar-refractivity contribution is -0.137. The van der Waals surface area contributed by atoms with E-state index in [1.165, 1.54) is 24.0 Å². The van der Waals surface area contributed by atoms with Crippen LogP contribution in [0.15, 0.2) is 65.5 Å². The molecule has 0 aliphatic carbocycles. The summed E-state index contributed by atoms with van der Waals surface area (Å²) >= 11 is 0. The van der Waals surface area contributed by atoms with Crippen LogP contribution in [0.4, 0.5) is 17.6 Å². The summed E-state index contributed by atoms with van der Waals surface area (Å²) < 4.78 is 59.1.